The van der Waals surface area contributed by atoms with Crippen molar-refractivity contribution in [1.82, 2.24) is 9.97 Å². The van der Waals surface area contributed by atoms with Gasteiger partial charge in [-0.15, -0.1) is 11.3 Å². The average Bonchev–Trinajstić information content (AvgIpc) is 3.33. The lowest BCUT2D eigenvalue weighted by Gasteiger charge is -2.32. The van der Waals surface area contributed by atoms with Gasteiger partial charge in [-0.05, 0) is 47.0 Å². The molecule has 0 N–H and O–H groups in total. The molecule has 168 valence electrons. The van der Waals surface area contributed by atoms with Crippen molar-refractivity contribution >= 4 is 59.6 Å². The zero-order chi connectivity index (χ0) is 23.6. The van der Waals surface area contributed by atoms with Gasteiger partial charge in [-0.1, -0.05) is 78.9 Å². The van der Waals surface area contributed by atoms with E-state index in [0.717, 1.165) is 33.7 Å². The van der Waals surface area contributed by atoms with Crippen LogP contribution < -0.4 is 4.90 Å². The molecule has 0 atom stereocenters. The van der Waals surface area contributed by atoms with E-state index in [-0.39, 0.29) is 0 Å². The van der Waals surface area contributed by atoms with Gasteiger partial charge >= 0.3 is 0 Å². The highest BCUT2D eigenvalue weighted by Crippen LogP contribution is 2.52. The zero-order valence-corrected chi connectivity index (χ0v) is 20.0. The fourth-order valence-electron chi connectivity index (χ4n) is 5.52. The van der Waals surface area contributed by atoms with Crippen LogP contribution in [0.1, 0.15) is 0 Å². The second-order valence-corrected chi connectivity index (χ2v) is 10.1. The van der Waals surface area contributed by atoms with E-state index in [2.05, 4.69) is 114 Å². The van der Waals surface area contributed by atoms with Crippen LogP contribution >= 0.6 is 11.3 Å². The van der Waals surface area contributed by atoms with Crippen LogP contribution in [0, 0.1) is 0 Å². The minimum absolute atomic E-state index is 0.929. The highest BCUT2D eigenvalue weighted by atomic mass is 32.1. The van der Waals surface area contributed by atoms with Crippen molar-refractivity contribution < 1.29 is 0 Å². The quantitative estimate of drug-likeness (QED) is 0.249. The van der Waals surface area contributed by atoms with Gasteiger partial charge in [0, 0.05) is 21.0 Å². The molecule has 0 bridgehead atoms. The van der Waals surface area contributed by atoms with Gasteiger partial charge < -0.3 is 0 Å². The van der Waals surface area contributed by atoms with Gasteiger partial charge in [0.15, 0.2) is 0 Å². The van der Waals surface area contributed by atoms with Crippen molar-refractivity contribution in [3.05, 3.63) is 116 Å². The normalized spacial score (nSPS) is 12.4. The molecule has 3 nitrogen and oxygen atoms in total. The molecule has 0 radical (unpaired) electrons. The Morgan fingerprint density at radius 1 is 0.583 bits per heavy atom. The smallest absolute Gasteiger partial charge is 0.149 e. The maximum absolute atomic E-state index is 4.88. The molecule has 1 aliphatic rings. The molecule has 8 rings (SSSR count). The topological polar surface area (TPSA) is 29.0 Å². The molecule has 1 aliphatic heterocycles. The summed E-state index contributed by atoms with van der Waals surface area (Å²) >= 11 is 1.84. The van der Waals surface area contributed by atoms with Crippen molar-refractivity contribution in [3.8, 4) is 22.3 Å². The van der Waals surface area contributed by atoms with Crippen LogP contribution in [0.4, 0.5) is 17.2 Å². The maximum Gasteiger partial charge on any atom is 0.149 e. The third-order valence-corrected chi connectivity index (χ3v) is 8.31. The molecule has 0 spiro atoms. The van der Waals surface area contributed by atoms with Gasteiger partial charge in [-0.25, -0.2) is 9.97 Å². The van der Waals surface area contributed by atoms with Crippen molar-refractivity contribution in [3.63, 3.8) is 0 Å². The molecule has 5 aromatic carbocycles. The van der Waals surface area contributed by atoms with Gasteiger partial charge in [-0.2, -0.15) is 0 Å². The summed E-state index contributed by atoms with van der Waals surface area (Å²) in [5, 5.41) is 3.67. The predicted octanol–water partition coefficient (Wildman–Crippen LogP) is 9.11. The van der Waals surface area contributed by atoms with Crippen LogP contribution in [-0.4, -0.2) is 9.97 Å². The first kappa shape index (κ1) is 19.7. The lowest BCUT2D eigenvalue weighted by Crippen LogP contribution is -2.17. The summed E-state index contributed by atoms with van der Waals surface area (Å²) in [6.45, 7) is 0. The Balaban J connectivity index is 1.47. The second-order valence-electron chi connectivity index (χ2n) is 9.09. The molecule has 2 aromatic heterocycles. The number of anilines is 3. The minimum atomic E-state index is 0.929. The molecule has 0 saturated carbocycles. The maximum atomic E-state index is 4.88. The summed E-state index contributed by atoms with van der Waals surface area (Å²) in [5.74, 6) is 0.929. The number of benzene rings is 5. The van der Waals surface area contributed by atoms with E-state index < -0.39 is 0 Å². The van der Waals surface area contributed by atoms with Crippen LogP contribution in [0.15, 0.2) is 116 Å². The number of para-hydroxylation sites is 1. The van der Waals surface area contributed by atoms with Crippen LogP contribution in [0.2, 0.25) is 0 Å². The van der Waals surface area contributed by atoms with Crippen LogP contribution in [0.5, 0.6) is 0 Å². The number of rotatable bonds is 2. The molecule has 0 fully saturated rings. The van der Waals surface area contributed by atoms with E-state index in [0.29, 0.717) is 0 Å². The fraction of sp³-hybridized carbons (Fsp3) is 0. The Morgan fingerprint density at radius 3 is 2.31 bits per heavy atom. The summed E-state index contributed by atoms with van der Waals surface area (Å²) in [6.07, 6.45) is 1.70. The Bertz CT molecular complexity index is 1960. The number of nitrogens with zero attached hydrogens (tertiary/aromatic N) is 3. The molecule has 0 unspecified atom stereocenters. The number of hydrogen-bond acceptors (Lipinski definition) is 4. The molecule has 4 heteroatoms. The first-order valence-electron chi connectivity index (χ1n) is 12.0. The Kier molecular flexibility index (Phi) is 4.10. The molecule has 0 amide bonds. The zero-order valence-electron chi connectivity index (χ0n) is 19.2. The van der Waals surface area contributed by atoms with E-state index in [1.807, 2.05) is 11.3 Å². The van der Waals surface area contributed by atoms with Gasteiger partial charge in [0.05, 0.1) is 27.0 Å². The summed E-state index contributed by atoms with van der Waals surface area (Å²) in [7, 11) is 0. The molecule has 36 heavy (non-hydrogen) atoms. The Morgan fingerprint density at radius 2 is 1.36 bits per heavy atom. The Labute approximate surface area is 211 Å². The Hall–Kier alpha value is -4.54. The first-order chi connectivity index (χ1) is 17.9. The third-order valence-electron chi connectivity index (χ3n) is 7.10. The van der Waals surface area contributed by atoms with E-state index >= 15 is 0 Å². The minimum Gasteiger partial charge on any atom is -0.292 e. The monoisotopic (exact) mass is 477 g/mol. The first-order valence-corrected chi connectivity index (χ1v) is 12.8. The van der Waals surface area contributed by atoms with E-state index in [1.165, 1.54) is 36.9 Å². The highest BCUT2D eigenvalue weighted by Gasteiger charge is 2.29. The van der Waals surface area contributed by atoms with E-state index in [4.69, 9.17) is 9.97 Å². The molecular weight excluding hydrogens is 458 g/mol. The summed E-state index contributed by atoms with van der Waals surface area (Å²) in [5.41, 5.74) is 7.97. The largest absolute Gasteiger partial charge is 0.292 e. The SMILES string of the molecule is c1ccc(-c2cc3c4c(ncnc4c2)N(c2cccc4c2sc2ccccc24)c2ccccc2-3)cc1. The van der Waals surface area contributed by atoms with Gasteiger partial charge in [-0.3, -0.25) is 4.90 Å². The van der Waals surface area contributed by atoms with E-state index in [9.17, 15) is 0 Å². The second kappa shape index (κ2) is 7.48. The molecular formula is C32H19N3S. The number of hydrogen-bond donors (Lipinski definition) is 0. The summed E-state index contributed by atoms with van der Waals surface area (Å²) < 4.78 is 2.57. The van der Waals surface area contributed by atoms with Crippen molar-refractivity contribution in [2.45, 2.75) is 0 Å². The summed E-state index contributed by atoms with van der Waals surface area (Å²) in [4.78, 5) is 11.9. The number of thiophene rings is 1. The number of aromatic nitrogens is 2. The van der Waals surface area contributed by atoms with Crippen LogP contribution in [0.3, 0.4) is 0 Å². The fourth-order valence-corrected chi connectivity index (χ4v) is 6.72. The van der Waals surface area contributed by atoms with Gasteiger partial charge in [0.1, 0.15) is 12.1 Å². The third kappa shape index (κ3) is 2.73. The van der Waals surface area contributed by atoms with Crippen molar-refractivity contribution in [2.75, 3.05) is 4.90 Å². The lowest BCUT2D eigenvalue weighted by atomic mass is 9.91. The van der Waals surface area contributed by atoms with Gasteiger partial charge in [0.25, 0.3) is 0 Å². The van der Waals surface area contributed by atoms with E-state index in [1.54, 1.807) is 6.33 Å². The predicted molar refractivity (Wildman–Crippen MR) is 152 cm³/mol. The molecule has 0 aliphatic carbocycles. The van der Waals surface area contributed by atoms with Crippen LogP contribution in [-0.2, 0) is 0 Å². The van der Waals surface area contributed by atoms with Crippen LogP contribution in [0.25, 0.3) is 53.3 Å². The average molecular weight is 478 g/mol. The highest BCUT2D eigenvalue weighted by molar-refractivity contribution is 7.26. The van der Waals surface area contributed by atoms with Crippen molar-refractivity contribution in [1.29, 1.82) is 0 Å². The molecule has 3 heterocycles. The lowest BCUT2D eigenvalue weighted by molar-refractivity contribution is 1.15. The summed E-state index contributed by atoms with van der Waals surface area (Å²) in [6, 6.07) is 38.9. The van der Waals surface area contributed by atoms with Crippen molar-refractivity contribution in [2.24, 2.45) is 0 Å². The number of fused-ring (bicyclic) bond motifs is 5. The standard InChI is InChI=1S/C32H19N3S/c1-2-9-20(10-3-1)21-17-25-22-11-4-6-14-27(22)35(32-30(25)26(18-21)33-19-34-32)28-15-8-13-24-23-12-5-7-16-29(23)36-31(24)28/h1-19H. The van der Waals surface area contributed by atoms with Gasteiger partial charge in [0.2, 0.25) is 0 Å². The molecule has 0 saturated heterocycles. The molecule has 7 aromatic rings.